The third kappa shape index (κ3) is 18.2. The molecule has 0 unspecified atom stereocenters. The van der Waals surface area contributed by atoms with Gasteiger partial charge in [-0.1, -0.05) is 141 Å². The van der Waals surface area contributed by atoms with E-state index in [-0.39, 0.29) is 35.3 Å². The van der Waals surface area contributed by atoms with E-state index < -0.39 is 195 Å². The third-order valence-corrected chi connectivity index (χ3v) is 24.0. The Morgan fingerprint density at radius 2 is 0.467 bits per heavy atom. The molecule has 0 saturated carbocycles. The molecule has 5 aromatic rings. The van der Waals surface area contributed by atoms with Crippen LogP contribution in [0.3, 0.4) is 0 Å². The molecule has 4 atom stereocenters. The molecule has 0 amide bonds. The van der Waals surface area contributed by atoms with Crippen LogP contribution in [0.4, 0.5) is 105 Å². The van der Waals surface area contributed by atoms with Gasteiger partial charge in [-0.15, -0.1) is 0 Å². The molecule has 2 saturated heterocycles. The molecule has 2 aliphatic heterocycles. The quantitative estimate of drug-likeness (QED) is 0.0566. The van der Waals surface area contributed by atoms with E-state index in [9.17, 15) is 105 Å². The molecule has 3 aliphatic rings. The molecule has 8 rings (SSSR count). The number of allylic oxidation sites excluding steroid dienone is 4. The summed E-state index contributed by atoms with van der Waals surface area (Å²) >= 11 is 0. The Bertz CT molecular complexity index is 2720. The zero-order valence-corrected chi connectivity index (χ0v) is 51.6. The summed E-state index contributed by atoms with van der Waals surface area (Å²) in [7, 11) is 0.128. The van der Waals surface area contributed by atoms with Crippen molar-refractivity contribution in [2.75, 3.05) is 0 Å². The van der Waals surface area contributed by atoms with E-state index >= 15 is 0 Å². The Labute approximate surface area is 519 Å². The molecule has 0 spiro atoms. The maximum Gasteiger partial charge on any atom is 0.416 e. The van der Waals surface area contributed by atoms with Crippen LogP contribution in [0.25, 0.3) is 0 Å². The molecule has 0 bridgehead atoms. The van der Waals surface area contributed by atoms with E-state index in [2.05, 4.69) is 76.3 Å². The number of hydrogen-bond acceptors (Lipinski definition) is 0. The molecule has 1 aliphatic carbocycles. The first-order valence-corrected chi connectivity index (χ1v) is 31.3. The molecule has 5 aromatic carbocycles. The molecule has 499 valence electrons. The number of rotatable bonds is 10. The number of benzene rings is 5. The van der Waals surface area contributed by atoms with Crippen molar-refractivity contribution in [3.63, 3.8) is 0 Å². The molecule has 2 fully saturated rings. The fraction of sp³-hybridized carbons (Fsp3) is 0.452. The molecule has 0 N–H and O–H groups in total. The van der Waals surface area contributed by atoms with Crippen molar-refractivity contribution in [2.24, 2.45) is 0 Å². The Kier molecular flexibility index (Phi) is 24.9. The van der Waals surface area contributed by atoms with Gasteiger partial charge in [-0.3, -0.25) is 0 Å². The first kappa shape index (κ1) is 76.2. The Morgan fingerprint density at radius 3 is 0.611 bits per heavy atom. The summed E-state index contributed by atoms with van der Waals surface area (Å²) in [5.74, 6) is 0. The van der Waals surface area contributed by atoms with Gasteiger partial charge in [-0.05, 0) is 135 Å². The summed E-state index contributed by atoms with van der Waals surface area (Å²) in [6.07, 6.45) is -29.3. The normalized spacial score (nSPS) is 20.0. The van der Waals surface area contributed by atoms with Gasteiger partial charge >= 0.3 is 49.4 Å². The monoisotopic (exact) mass is 1440 g/mol. The number of halogens is 24. The van der Waals surface area contributed by atoms with Gasteiger partial charge in [0.15, 0.2) is 0 Å². The predicted octanol–water partition coefficient (Wildman–Crippen LogP) is 20.5. The minimum atomic E-state index is -6.13. The van der Waals surface area contributed by atoms with E-state index in [1.54, 1.807) is 0 Å². The summed E-state index contributed by atoms with van der Waals surface area (Å²) in [6.45, 7) is 9.74. The molecule has 2 heterocycles. The van der Waals surface area contributed by atoms with Gasteiger partial charge in [0, 0.05) is 19.5 Å². The maximum atomic E-state index is 14.2. The van der Waals surface area contributed by atoms with Crippen molar-refractivity contribution in [3.05, 3.63) is 166 Å². The van der Waals surface area contributed by atoms with Crippen LogP contribution in [-0.4, -0.2) is 28.8 Å². The average Bonchev–Trinajstić information content (AvgIpc) is 0.844. The summed E-state index contributed by atoms with van der Waals surface area (Å²) in [6, 6.07) is 0.975. The first-order chi connectivity index (χ1) is 41.0. The second-order valence-electron chi connectivity index (χ2n) is 22.0. The molecule has 1 radical (unpaired) electrons. The van der Waals surface area contributed by atoms with E-state index in [0.717, 1.165) is 22.6 Å². The fourth-order valence-electron chi connectivity index (χ4n) is 12.1. The molecule has 28 heteroatoms. The molecule has 0 nitrogen and oxygen atoms in total. The molecule has 90 heavy (non-hydrogen) atoms. The average molecular weight is 1440 g/mol. The minimum absolute atomic E-state index is 0. The minimum Gasteiger partial charge on any atom is -0.194 e. The van der Waals surface area contributed by atoms with Crippen LogP contribution >= 0.6 is 15.8 Å². The molecule has 0 aromatic heterocycles. The van der Waals surface area contributed by atoms with Crippen molar-refractivity contribution in [1.82, 2.24) is 0 Å². The molecular formula is C62H60BF24P2Rh-. The van der Waals surface area contributed by atoms with Crippen LogP contribution in [0.5, 0.6) is 0 Å². The number of alkyl halides is 24. The summed E-state index contributed by atoms with van der Waals surface area (Å²) in [5, 5.41) is 3.68. The summed E-state index contributed by atoms with van der Waals surface area (Å²) in [5.41, 5.74) is -26.2. The Hall–Kier alpha value is -4.55. The van der Waals surface area contributed by atoms with Crippen LogP contribution in [0.1, 0.15) is 149 Å². The van der Waals surface area contributed by atoms with Crippen LogP contribution < -0.4 is 32.5 Å². The Morgan fingerprint density at radius 1 is 0.300 bits per heavy atom. The van der Waals surface area contributed by atoms with E-state index in [0.29, 0.717) is 0 Å². The van der Waals surface area contributed by atoms with Gasteiger partial charge in [-0.25, -0.2) is 0 Å². The van der Waals surface area contributed by atoms with Gasteiger partial charge < -0.3 is 0 Å². The van der Waals surface area contributed by atoms with Gasteiger partial charge in [0.2, 0.25) is 0 Å². The second-order valence-corrected chi connectivity index (χ2v) is 27.5. The smallest absolute Gasteiger partial charge is 0.194 e. The standard InChI is InChI=1S/C32H12BF24.C22H36P2.C8H12.Rh/c34-25(35,36)13-1-14(26(37,38)39)6-21(5-13)33(22-7-15(27(40,41)42)2-16(8-22)28(43,44)45,23-9-17(29(46,47)48)3-18(10-23)30(49,50)51)24-11-19(31(52,53)54)4-20(12-24)32(55,56)57;1-5-17-13-14-18(6-2)23(17)21-11-9-10-12-22(21)24-19(7-3)15-16-20(24)8-4;1-2-4-6-8-7-5-3-1;/h1-12H;9-12,17-20H,5-8,13-16H2,1-4H3;1-2,7-8H,3-6H2;/q-1;;;/b;;2-1-,8-7-;/t;17-,18-,19-,20-;;/m.1../s1. The summed E-state index contributed by atoms with van der Waals surface area (Å²) < 4.78 is 341. The Balaban J connectivity index is 0.000000362. The summed E-state index contributed by atoms with van der Waals surface area (Å²) in [4.78, 5) is 0. The zero-order valence-electron chi connectivity index (χ0n) is 48.2. The zero-order chi connectivity index (χ0) is 66.7. The van der Waals surface area contributed by atoms with Crippen LogP contribution in [0.2, 0.25) is 0 Å². The second kappa shape index (κ2) is 29.4. The van der Waals surface area contributed by atoms with Crippen molar-refractivity contribution in [3.8, 4) is 0 Å². The first-order valence-electron chi connectivity index (χ1n) is 28.3. The maximum absolute atomic E-state index is 14.2. The number of hydrogen-bond donors (Lipinski definition) is 0. The van der Waals surface area contributed by atoms with Gasteiger partial charge in [0.1, 0.15) is 6.15 Å². The van der Waals surface area contributed by atoms with Gasteiger partial charge in [-0.2, -0.15) is 127 Å². The third-order valence-electron chi connectivity index (χ3n) is 16.3. The van der Waals surface area contributed by atoms with Crippen molar-refractivity contribution in [2.45, 2.75) is 177 Å². The SMILES string of the molecule is C1=C\CC/C=C\CC/1.CC[C@@H]1CC[C@@H](CC)P1c1ccccc1P1[C@H](CC)CC[C@H]1CC.FC(F)(F)c1cc([B-](c2cc(C(F)(F)F)cc(C(F)(F)F)c2)(c2cc(C(F)(F)F)cc(C(F)(F)F)c2)c2cc(C(F)(F)F)cc(C(F)(F)F)c2)cc(C(F)(F)F)c1.[Rh]. The van der Waals surface area contributed by atoms with Gasteiger partial charge in [0.05, 0.1) is 44.5 Å². The van der Waals surface area contributed by atoms with E-state index in [1.165, 1.54) is 77.0 Å². The van der Waals surface area contributed by atoms with Crippen LogP contribution in [0, 0.1) is 0 Å². The van der Waals surface area contributed by atoms with Crippen LogP contribution in [0.15, 0.2) is 121 Å². The van der Waals surface area contributed by atoms with E-state index in [1.807, 2.05) is 10.6 Å². The van der Waals surface area contributed by atoms with Crippen molar-refractivity contribution in [1.29, 1.82) is 0 Å². The van der Waals surface area contributed by atoms with Gasteiger partial charge in [0.25, 0.3) is 0 Å². The van der Waals surface area contributed by atoms with Crippen LogP contribution in [-0.2, 0) is 68.9 Å². The largest absolute Gasteiger partial charge is 0.416 e. The van der Waals surface area contributed by atoms with Crippen molar-refractivity contribution >= 4 is 54.4 Å². The van der Waals surface area contributed by atoms with E-state index in [4.69, 9.17) is 0 Å². The van der Waals surface area contributed by atoms with Crippen molar-refractivity contribution < 1.29 is 125 Å². The molecular weight excluding hydrogens is 1380 g/mol. The predicted molar refractivity (Wildman–Crippen MR) is 301 cm³/mol. The topological polar surface area (TPSA) is 0 Å². The fourth-order valence-corrected chi connectivity index (χ4v) is 20.1.